The Morgan fingerprint density at radius 3 is 2.58 bits per heavy atom. The standard InChI is InChI=1S/C23H23N5O2S/c1-14-20(31-18-9-7-15(8-10-18)22(24)29)11-19(27(14)2)23(30)25-12-16-5-4-6-17-13-26-28(3)21(16)17/h4-11,13H,12H2,1-3H3,(H2,24,29)(H,25,30). The molecule has 0 radical (unpaired) electrons. The molecule has 0 fully saturated rings. The number of nitrogens with zero attached hydrogens (tertiary/aromatic N) is 3. The molecule has 0 saturated carbocycles. The van der Waals surface area contributed by atoms with Crippen LogP contribution in [-0.4, -0.2) is 26.2 Å². The summed E-state index contributed by atoms with van der Waals surface area (Å²) in [7, 11) is 3.78. The number of aromatic nitrogens is 3. The first-order valence-electron chi connectivity index (χ1n) is 9.77. The molecule has 0 saturated heterocycles. The van der Waals surface area contributed by atoms with Gasteiger partial charge in [-0.15, -0.1) is 0 Å². The van der Waals surface area contributed by atoms with Crippen LogP contribution in [0.1, 0.15) is 32.1 Å². The van der Waals surface area contributed by atoms with Gasteiger partial charge >= 0.3 is 0 Å². The zero-order valence-electron chi connectivity index (χ0n) is 17.5. The van der Waals surface area contributed by atoms with Crippen molar-refractivity contribution in [2.45, 2.75) is 23.3 Å². The molecule has 7 nitrogen and oxygen atoms in total. The number of rotatable bonds is 6. The van der Waals surface area contributed by atoms with Crippen molar-refractivity contribution in [2.24, 2.45) is 19.8 Å². The highest BCUT2D eigenvalue weighted by Gasteiger charge is 2.17. The molecule has 2 aromatic heterocycles. The molecule has 31 heavy (non-hydrogen) atoms. The summed E-state index contributed by atoms with van der Waals surface area (Å²) in [5, 5.41) is 8.37. The van der Waals surface area contributed by atoms with Gasteiger partial charge in [-0.2, -0.15) is 5.10 Å². The number of hydrogen-bond acceptors (Lipinski definition) is 4. The van der Waals surface area contributed by atoms with Crippen molar-refractivity contribution >= 4 is 34.5 Å². The predicted octanol–water partition coefficient (Wildman–Crippen LogP) is 3.40. The van der Waals surface area contributed by atoms with Crippen LogP contribution in [0.25, 0.3) is 10.9 Å². The lowest BCUT2D eigenvalue weighted by Crippen LogP contribution is -2.25. The molecule has 0 aliphatic carbocycles. The number of primary amides is 1. The molecule has 4 aromatic rings. The van der Waals surface area contributed by atoms with Gasteiger partial charge in [0.05, 0.1) is 11.7 Å². The van der Waals surface area contributed by atoms with Crippen LogP contribution in [0.3, 0.4) is 0 Å². The molecular weight excluding hydrogens is 410 g/mol. The molecule has 0 aliphatic heterocycles. The van der Waals surface area contributed by atoms with Gasteiger partial charge in [0.25, 0.3) is 5.91 Å². The first kappa shape index (κ1) is 20.7. The van der Waals surface area contributed by atoms with E-state index in [0.717, 1.165) is 32.0 Å². The largest absolute Gasteiger partial charge is 0.366 e. The highest BCUT2D eigenvalue weighted by Crippen LogP contribution is 2.32. The van der Waals surface area contributed by atoms with E-state index in [-0.39, 0.29) is 5.91 Å². The van der Waals surface area contributed by atoms with Gasteiger partial charge in [0.2, 0.25) is 5.91 Å². The van der Waals surface area contributed by atoms with Crippen LogP contribution in [-0.2, 0) is 20.6 Å². The Labute approximate surface area is 184 Å². The second-order valence-corrected chi connectivity index (χ2v) is 8.45. The van der Waals surface area contributed by atoms with Crippen LogP contribution in [0, 0.1) is 6.92 Å². The fraction of sp³-hybridized carbons (Fsp3) is 0.174. The first-order valence-corrected chi connectivity index (χ1v) is 10.6. The van der Waals surface area contributed by atoms with Gasteiger partial charge in [-0.05, 0) is 42.8 Å². The topological polar surface area (TPSA) is 94.9 Å². The molecule has 0 bridgehead atoms. The summed E-state index contributed by atoms with van der Waals surface area (Å²) >= 11 is 1.54. The van der Waals surface area contributed by atoms with Crippen LogP contribution in [0.2, 0.25) is 0 Å². The lowest BCUT2D eigenvalue weighted by Gasteiger charge is -2.09. The number of carbonyl (C=O) groups excluding carboxylic acids is 2. The van der Waals surface area contributed by atoms with E-state index in [2.05, 4.69) is 10.4 Å². The Balaban J connectivity index is 1.51. The number of nitrogens with one attached hydrogen (secondary N) is 1. The summed E-state index contributed by atoms with van der Waals surface area (Å²) in [6.07, 6.45) is 1.82. The van der Waals surface area contributed by atoms with Crippen molar-refractivity contribution in [1.29, 1.82) is 0 Å². The summed E-state index contributed by atoms with van der Waals surface area (Å²) < 4.78 is 3.71. The number of aryl methyl sites for hydroxylation is 1. The van der Waals surface area contributed by atoms with E-state index in [1.54, 1.807) is 23.9 Å². The quantitative estimate of drug-likeness (QED) is 0.487. The fourth-order valence-electron chi connectivity index (χ4n) is 3.53. The fourth-order valence-corrected chi connectivity index (χ4v) is 4.51. The van der Waals surface area contributed by atoms with Crippen LogP contribution in [0.4, 0.5) is 0 Å². The third-order valence-corrected chi connectivity index (χ3v) is 6.51. The monoisotopic (exact) mass is 433 g/mol. The normalized spacial score (nSPS) is 11.1. The van der Waals surface area contributed by atoms with E-state index in [1.165, 1.54) is 0 Å². The lowest BCUT2D eigenvalue weighted by molar-refractivity contribution is 0.0941. The van der Waals surface area contributed by atoms with E-state index in [9.17, 15) is 9.59 Å². The van der Waals surface area contributed by atoms with Crippen molar-refractivity contribution in [3.05, 3.63) is 77.2 Å². The molecule has 0 aliphatic rings. The smallest absolute Gasteiger partial charge is 0.268 e. The van der Waals surface area contributed by atoms with Crippen molar-refractivity contribution in [2.75, 3.05) is 0 Å². The lowest BCUT2D eigenvalue weighted by atomic mass is 10.1. The Hall–Kier alpha value is -3.52. The highest BCUT2D eigenvalue weighted by atomic mass is 32.2. The minimum atomic E-state index is -0.451. The van der Waals surface area contributed by atoms with Gasteiger partial charge in [0, 0.05) is 47.1 Å². The van der Waals surface area contributed by atoms with Gasteiger partial charge < -0.3 is 15.6 Å². The van der Waals surface area contributed by atoms with E-state index in [4.69, 9.17) is 5.73 Å². The Kier molecular flexibility index (Phi) is 5.56. The third kappa shape index (κ3) is 4.06. The average molecular weight is 434 g/mol. The molecule has 4 rings (SSSR count). The summed E-state index contributed by atoms with van der Waals surface area (Å²) in [6.45, 7) is 2.39. The van der Waals surface area contributed by atoms with Gasteiger partial charge in [0.1, 0.15) is 5.69 Å². The maximum Gasteiger partial charge on any atom is 0.268 e. The van der Waals surface area contributed by atoms with E-state index < -0.39 is 5.91 Å². The van der Waals surface area contributed by atoms with Crippen molar-refractivity contribution in [3.8, 4) is 0 Å². The Morgan fingerprint density at radius 1 is 1.13 bits per heavy atom. The maximum absolute atomic E-state index is 12.9. The van der Waals surface area contributed by atoms with Crippen molar-refractivity contribution in [3.63, 3.8) is 0 Å². The van der Waals surface area contributed by atoms with E-state index in [0.29, 0.717) is 17.8 Å². The molecule has 158 valence electrons. The Morgan fingerprint density at radius 2 is 1.87 bits per heavy atom. The molecular formula is C23H23N5O2S. The number of amides is 2. The minimum absolute atomic E-state index is 0.138. The maximum atomic E-state index is 12.9. The molecule has 2 heterocycles. The summed E-state index contributed by atoms with van der Waals surface area (Å²) in [5.74, 6) is -0.589. The number of fused-ring (bicyclic) bond motifs is 1. The number of para-hydroxylation sites is 1. The van der Waals surface area contributed by atoms with E-state index in [1.807, 2.05) is 72.9 Å². The predicted molar refractivity (Wildman–Crippen MR) is 121 cm³/mol. The van der Waals surface area contributed by atoms with Gasteiger partial charge in [-0.1, -0.05) is 30.0 Å². The second-order valence-electron chi connectivity index (χ2n) is 7.33. The van der Waals surface area contributed by atoms with Crippen molar-refractivity contribution in [1.82, 2.24) is 19.7 Å². The molecule has 0 unspecified atom stereocenters. The number of benzene rings is 2. The minimum Gasteiger partial charge on any atom is -0.366 e. The van der Waals surface area contributed by atoms with Gasteiger partial charge in [-0.3, -0.25) is 14.3 Å². The van der Waals surface area contributed by atoms with Crippen LogP contribution in [0.15, 0.2) is 64.5 Å². The first-order chi connectivity index (χ1) is 14.8. The van der Waals surface area contributed by atoms with Crippen molar-refractivity contribution < 1.29 is 9.59 Å². The Bertz CT molecular complexity index is 1290. The SMILES string of the molecule is Cc1c(Sc2ccc(C(N)=O)cc2)cc(C(=O)NCc2cccc3cnn(C)c23)n1C. The molecule has 0 spiro atoms. The summed E-state index contributed by atoms with van der Waals surface area (Å²) in [5.41, 5.74) is 9.38. The molecule has 2 amide bonds. The van der Waals surface area contributed by atoms with Crippen LogP contribution < -0.4 is 11.1 Å². The zero-order chi connectivity index (χ0) is 22.1. The molecule has 2 aromatic carbocycles. The van der Waals surface area contributed by atoms with Gasteiger partial charge in [0.15, 0.2) is 0 Å². The molecule has 3 N–H and O–H groups in total. The summed E-state index contributed by atoms with van der Waals surface area (Å²) in [4.78, 5) is 26.1. The summed E-state index contributed by atoms with van der Waals surface area (Å²) in [6, 6.07) is 15.0. The molecule has 0 atom stereocenters. The van der Waals surface area contributed by atoms with Crippen LogP contribution in [0.5, 0.6) is 0 Å². The van der Waals surface area contributed by atoms with Gasteiger partial charge in [-0.25, -0.2) is 0 Å². The average Bonchev–Trinajstić information content (AvgIpc) is 3.28. The zero-order valence-corrected chi connectivity index (χ0v) is 18.4. The van der Waals surface area contributed by atoms with Crippen LogP contribution >= 0.6 is 11.8 Å². The third-order valence-electron chi connectivity index (χ3n) is 5.37. The number of hydrogen-bond donors (Lipinski definition) is 2. The number of nitrogens with two attached hydrogens (primary N) is 1. The highest BCUT2D eigenvalue weighted by molar-refractivity contribution is 7.99. The van der Waals surface area contributed by atoms with E-state index >= 15 is 0 Å². The second kappa shape index (κ2) is 8.31. The number of carbonyl (C=O) groups is 2. The molecule has 8 heteroatoms.